The maximum atomic E-state index is 12.0. The van der Waals surface area contributed by atoms with Gasteiger partial charge >= 0.3 is 12.1 Å². The highest BCUT2D eigenvalue weighted by Crippen LogP contribution is 2.19. The van der Waals surface area contributed by atoms with Crippen molar-refractivity contribution < 1.29 is 14.2 Å². The minimum absolute atomic E-state index is 0.0734. The maximum Gasteiger partial charge on any atom is 0.325 e. The number of carbonyl (C=O) groups is 2. The van der Waals surface area contributed by atoms with Crippen molar-refractivity contribution in [2.45, 2.75) is 0 Å². The third-order valence-electron chi connectivity index (χ3n) is 3.12. The third-order valence-corrected chi connectivity index (χ3v) is 3.59. The van der Waals surface area contributed by atoms with E-state index in [2.05, 4.69) is 36.2 Å². The van der Waals surface area contributed by atoms with Gasteiger partial charge in [0.15, 0.2) is 0 Å². The van der Waals surface area contributed by atoms with Crippen LogP contribution in [0, 0.1) is 0 Å². The lowest BCUT2D eigenvalue weighted by molar-refractivity contribution is 0.261. The van der Waals surface area contributed by atoms with Crippen LogP contribution in [-0.2, 0) is 0 Å². The predicted octanol–water partition coefficient (Wildman–Crippen LogP) is 4.66. The molecule has 0 aliphatic rings. The zero-order valence-electron chi connectivity index (χ0n) is 13.5. The first-order chi connectivity index (χ1) is 13.0. The van der Waals surface area contributed by atoms with E-state index in [4.69, 9.17) is 23.2 Å². The Hall–Kier alpha value is -3.30. The summed E-state index contributed by atoms with van der Waals surface area (Å²) in [6, 6.07) is 11.9. The summed E-state index contributed by atoms with van der Waals surface area (Å²) >= 11 is 11.7. The number of rotatable bonds is 4. The molecule has 138 valence electrons. The summed E-state index contributed by atoms with van der Waals surface area (Å²) in [5, 5.41) is 18.0. The van der Waals surface area contributed by atoms with Crippen LogP contribution in [0.5, 0.6) is 0 Å². The molecule has 11 heteroatoms. The van der Waals surface area contributed by atoms with Crippen molar-refractivity contribution in [3.63, 3.8) is 0 Å². The highest BCUT2D eigenvalue weighted by atomic mass is 35.5. The van der Waals surface area contributed by atoms with Crippen LogP contribution in [0.2, 0.25) is 10.0 Å². The summed E-state index contributed by atoms with van der Waals surface area (Å²) in [7, 11) is 0. The van der Waals surface area contributed by atoms with E-state index >= 15 is 0 Å². The lowest BCUT2D eigenvalue weighted by Gasteiger charge is -2.08. The number of amides is 4. The van der Waals surface area contributed by atoms with Crippen LogP contribution in [0.4, 0.5) is 32.6 Å². The number of nitrogens with zero attached hydrogens (tertiary/aromatic N) is 2. The number of hydrogen-bond donors (Lipinski definition) is 4. The molecule has 9 nitrogen and oxygen atoms in total. The van der Waals surface area contributed by atoms with Crippen LogP contribution in [-0.4, -0.2) is 22.4 Å². The van der Waals surface area contributed by atoms with Crippen molar-refractivity contribution in [1.82, 2.24) is 10.3 Å². The monoisotopic (exact) mass is 406 g/mol. The highest BCUT2D eigenvalue weighted by molar-refractivity contribution is 6.31. The van der Waals surface area contributed by atoms with Gasteiger partial charge in [0.2, 0.25) is 11.6 Å². The van der Waals surface area contributed by atoms with Crippen molar-refractivity contribution in [3.05, 3.63) is 58.6 Å². The van der Waals surface area contributed by atoms with Crippen molar-refractivity contribution >= 4 is 58.3 Å². The molecule has 3 aromatic rings. The van der Waals surface area contributed by atoms with E-state index in [1.54, 1.807) is 48.5 Å². The van der Waals surface area contributed by atoms with E-state index in [1.165, 1.54) is 0 Å². The highest BCUT2D eigenvalue weighted by Gasteiger charge is 2.16. The molecule has 4 N–H and O–H groups in total. The van der Waals surface area contributed by atoms with Gasteiger partial charge in [0, 0.05) is 21.4 Å². The lowest BCUT2D eigenvalue weighted by Crippen LogP contribution is -2.23. The molecule has 2 aromatic carbocycles. The van der Waals surface area contributed by atoms with E-state index in [1.807, 2.05) is 0 Å². The average Bonchev–Trinajstić information content (AvgIpc) is 3.01. The fourth-order valence-electron chi connectivity index (χ4n) is 2.02. The van der Waals surface area contributed by atoms with Gasteiger partial charge in [-0.2, -0.15) is 0 Å². The van der Waals surface area contributed by atoms with Gasteiger partial charge in [0.05, 0.1) is 0 Å². The van der Waals surface area contributed by atoms with Gasteiger partial charge < -0.3 is 10.6 Å². The Labute approximate surface area is 163 Å². The Kier molecular flexibility index (Phi) is 5.74. The fraction of sp³-hybridized carbons (Fsp3) is 0. The molecule has 4 amide bonds. The molecule has 0 bridgehead atoms. The number of hydrogen-bond acceptors (Lipinski definition) is 5. The first kappa shape index (κ1) is 18.5. The van der Waals surface area contributed by atoms with Crippen molar-refractivity contribution in [2.75, 3.05) is 21.3 Å². The molecule has 1 aromatic heterocycles. The minimum Gasteiger partial charge on any atom is -0.308 e. The van der Waals surface area contributed by atoms with Gasteiger partial charge in [-0.05, 0) is 46.7 Å². The predicted molar refractivity (Wildman–Crippen MR) is 102 cm³/mol. The summed E-state index contributed by atoms with van der Waals surface area (Å²) in [5.74, 6) is -0.147. The normalized spacial score (nSPS) is 10.1. The third kappa shape index (κ3) is 5.33. The summed E-state index contributed by atoms with van der Waals surface area (Å²) in [5.41, 5.74) is 0.953. The number of urea groups is 2. The summed E-state index contributed by atoms with van der Waals surface area (Å²) in [6.45, 7) is 0. The second-order valence-corrected chi connectivity index (χ2v) is 6.01. The average molecular weight is 407 g/mol. The largest absolute Gasteiger partial charge is 0.325 e. The van der Waals surface area contributed by atoms with Crippen LogP contribution < -0.4 is 21.3 Å². The van der Waals surface area contributed by atoms with Crippen LogP contribution in [0.15, 0.2) is 53.2 Å². The molecule has 0 unspecified atom stereocenters. The summed E-state index contributed by atoms with van der Waals surface area (Å²) < 4.78 is 4.56. The standard InChI is InChI=1S/C16H12Cl2N6O3/c17-9-3-1-5-11(7-9)19-15(25)21-13-14(24-27-23-13)22-16(26)20-12-6-2-4-10(18)8-12/h1-8H,(H2,19,21,23,25)(H2,20,22,24,26). The van der Waals surface area contributed by atoms with Gasteiger partial charge in [-0.15, -0.1) is 0 Å². The Morgan fingerprint density at radius 3 is 1.59 bits per heavy atom. The minimum atomic E-state index is -0.619. The molecule has 0 atom stereocenters. The van der Waals surface area contributed by atoms with E-state index in [0.717, 1.165) is 0 Å². The molecule has 0 fully saturated rings. The molecular formula is C16H12Cl2N6O3. The summed E-state index contributed by atoms with van der Waals surface area (Å²) in [6.07, 6.45) is 0. The number of halogens is 2. The Morgan fingerprint density at radius 2 is 1.19 bits per heavy atom. The molecule has 3 rings (SSSR count). The first-order valence-electron chi connectivity index (χ1n) is 7.49. The molecule has 1 heterocycles. The van der Waals surface area contributed by atoms with Crippen molar-refractivity contribution in [2.24, 2.45) is 0 Å². The van der Waals surface area contributed by atoms with E-state index in [0.29, 0.717) is 21.4 Å². The van der Waals surface area contributed by atoms with Crippen LogP contribution in [0.1, 0.15) is 0 Å². The topological polar surface area (TPSA) is 121 Å². The van der Waals surface area contributed by atoms with Gasteiger partial charge in [0.1, 0.15) is 0 Å². The first-order valence-corrected chi connectivity index (χ1v) is 8.25. The van der Waals surface area contributed by atoms with E-state index in [-0.39, 0.29) is 11.6 Å². The smallest absolute Gasteiger partial charge is 0.308 e. The number of aromatic nitrogens is 2. The van der Waals surface area contributed by atoms with E-state index in [9.17, 15) is 9.59 Å². The molecule has 27 heavy (non-hydrogen) atoms. The van der Waals surface area contributed by atoms with Crippen LogP contribution >= 0.6 is 23.2 Å². The van der Waals surface area contributed by atoms with Gasteiger partial charge in [-0.1, -0.05) is 35.3 Å². The molecule has 0 spiro atoms. The number of benzene rings is 2. The van der Waals surface area contributed by atoms with E-state index < -0.39 is 12.1 Å². The molecular weight excluding hydrogens is 395 g/mol. The molecule has 0 saturated carbocycles. The van der Waals surface area contributed by atoms with Gasteiger partial charge in [-0.25, -0.2) is 14.2 Å². The lowest BCUT2D eigenvalue weighted by atomic mass is 10.3. The van der Waals surface area contributed by atoms with Crippen LogP contribution in [0.25, 0.3) is 0 Å². The second kappa shape index (κ2) is 8.39. The molecule has 0 aliphatic carbocycles. The zero-order chi connectivity index (χ0) is 19.2. The molecule has 0 aliphatic heterocycles. The van der Waals surface area contributed by atoms with Crippen LogP contribution in [0.3, 0.4) is 0 Å². The Morgan fingerprint density at radius 1 is 0.741 bits per heavy atom. The number of anilines is 4. The Bertz CT molecular complexity index is 902. The fourth-order valence-corrected chi connectivity index (χ4v) is 2.41. The number of nitrogens with one attached hydrogen (secondary N) is 4. The molecule has 0 radical (unpaired) electrons. The van der Waals surface area contributed by atoms with Gasteiger partial charge in [-0.3, -0.25) is 10.6 Å². The zero-order valence-corrected chi connectivity index (χ0v) is 15.0. The van der Waals surface area contributed by atoms with Crippen molar-refractivity contribution in [3.8, 4) is 0 Å². The Balaban J connectivity index is 1.60. The van der Waals surface area contributed by atoms with Crippen molar-refractivity contribution in [1.29, 1.82) is 0 Å². The SMILES string of the molecule is O=C(Nc1cccc(Cl)c1)Nc1nonc1NC(=O)Nc1cccc(Cl)c1. The second-order valence-electron chi connectivity index (χ2n) is 5.14. The number of carbonyl (C=O) groups excluding carboxylic acids is 2. The quantitative estimate of drug-likeness (QED) is 0.501. The van der Waals surface area contributed by atoms with Gasteiger partial charge in [0.25, 0.3) is 0 Å². The molecule has 0 saturated heterocycles. The summed E-state index contributed by atoms with van der Waals surface area (Å²) in [4.78, 5) is 24.1. The maximum absolute atomic E-state index is 12.0.